The van der Waals surface area contributed by atoms with Gasteiger partial charge >= 0.3 is 4.87 Å². The largest absolute Gasteiger partial charge is 0.391 e. The van der Waals surface area contributed by atoms with Crippen LogP contribution in [0.15, 0.2) is 23.0 Å². The van der Waals surface area contributed by atoms with E-state index in [0.29, 0.717) is 23.6 Å². The number of thiazole rings is 1. The number of aliphatic hydroxyl groups excluding tert-OH is 1. The summed E-state index contributed by atoms with van der Waals surface area (Å²) in [4.78, 5) is 25.8. The van der Waals surface area contributed by atoms with Crippen molar-refractivity contribution in [3.8, 4) is 0 Å². The van der Waals surface area contributed by atoms with Crippen molar-refractivity contribution in [2.24, 2.45) is 0 Å². The first kappa shape index (κ1) is 14.6. The van der Waals surface area contributed by atoms with E-state index in [1.807, 2.05) is 0 Å². The fourth-order valence-electron chi connectivity index (χ4n) is 2.60. The summed E-state index contributed by atoms with van der Waals surface area (Å²) in [6.45, 7) is 0.968. The zero-order valence-electron chi connectivity index (χ0n) is 11.3. The SMILES string of the molecule is O=C(Cn1c(=O)sc2ccc(Cl)cc21)N1CCCC(O)C1. The smallest absolute Gasteiger partial charge is 0.308 e. The molecule has 1 aliphatic heterocycles. The van der Waals surface area contributed by atoms with E-state index >= 15 is 0 Å². The lowest BCUT2D eigenvalue weighted by Gasteiger charge is -2.30. The molecule has 5 nitrogen and oxygen atoms in total. The maximum atomic E-state index is 12.3. The van der Waals surface area contributed by atoms with E-state index in [1.165, 1.54) is 4.57 Å². The van der Waals surface area contributed by atoms with Gasteiger partial charge in [-0.1, -0.05) is 22.9 Å². The van der Waals surface area contributed by atoms with Gasteiger partial charge in [0.15, 0.2) is 0 Å². The van der Waals surface area contributed by atoms with Crippen LogP contribution in [0.1, 0.15) is 12.8 Å². The van der Waals surface area contributed by atoms with Crippen molar-refractivity contribution in [1.29, 1.82) is 0 Å². The third-order valence-electron chi connectivity index (χ3n) is 3.67. The van der Waals surface area contributed by atoms with Crippen LogP contribution in [-0.4, -0.2) is 39.7 Å². The molecule has 21 heavy (non-hydrogen) atoms. The van der Waals surface area contributed by atoms with Crippen LogP contribution in [0.2, 0.25) is 5.02 Å². The van der Waals surface area contributed by atoms with Gasteiger partial charge < -0.3 is 10.0 Å². The summed E-state index contributed by atoms with van der Waals surface area (Å²) in [5.41, 5.74) is 0.684. The zero-order chi connectivity index (χ0) is 15.0. The lowest BCUT2D eigenvalue weighted by atomic mass is 10.1. The molecule has 1 saturated heterocycles. The van der Waals surface area contributed by atoms with E-state index in [2.05, 4.69) is 0 Å². The summed E-state index contributed by atoms with van der Waals surface area (Å²) in [6.07, 6.45) is 1.05. The molecule has 112 valence electrons. The highest BCUT2D eigenvalue weighted by Gasteiger charge is 2.23. The molecular formula is C14H15ClN2O3S. The summed E-state index contributed by atoms with van der Waals surface area (Å²) >= 11 is 7.07. The fourth-order valence-corrected chi connectivity index (χ4v) is 3.64. The van der Waals surface area contributed by atoms with Crippen molar-refractivity contribution >= 4 is 39.1 Å². The second-order valence-corrected chi connectivity index (χ2v) is 6.63. The minimum Gasteiger partial charge on any atom is -0.391 e. The van der Waals surface area contributed by atoms with Gasteiger partial charge in [-0.25, -0.2) is 0 Å². The molecule has 0 radical (unpaired) electrons. The number of hydrogen-bond donors (Lipinski definition) is 1. The number of β-amino-alcohol motifs (C(OH)–C–C–N with tert-alkyl or cyclic N) is 1. The molecule has 1 aliphatic rings. The number of piperidine rings is 1. The van der Waals surface area contributed by atoms with Crippen LogP contribution in [-0.2, 0) is 11.3 Å². The summed E-state index contributed by atoms with van der Waals surface area (Å²) in [7, 11) is 0. The Hall–Kier alpha value is -1.37. The van der Waals surface area contributed by atoms with Gasteiger partial charge in [0.2, 0.25) is 5.91 Å². The number of nitrogens with zero attached hydrogens (tertiary/aromatic N) is 2. The quantitative estimate of drug-likeness (QED) is 0.913. The Labute approximate surface area is 130 Å². The number of halogens is 1. The van der Waals surface area contributed by atoms with Gasteiger partial charge in [-0.2, -0.15) is 0 Å². The minimum absolute atomic E-state index is 0.00804. The second kappa shape index (κ2) is 5.79. The summed E-state index contributed by atoms with van der Waals surface area (Å²) < 4.78 is 2.27. The van der Waals surface area contributed by atoms with Crippen molar-refractivity contribution in [3.63, 3.8) is 0 Å². The molecule has 1 unspecified atom stereocenters. The van der Waals surface area contributed by atoms with Gasteiger partial charge in [0.05, 0.1) is 16.3 Å². The van der Waals surface area contributed by atoms with Crippen molar-refractivity contribution in [1.82, 2.24) is 9.47 Å². The van der Waals surface area contributed by atoms with Gasteiger partial charge in [0, 0.05) is 18.1 Å². The van der Waals surface area contributed by atoms with Gasteiger partial charge in [-0.05, 0) is 31.0 Å². The zero-order valence-corrected chi connectivity index (χ0v) is 12.9. The highest BCUT2D eigenvalue weighted by atomic mass is 35.5. The second-order valence-electron chi connectivity index (χ2n) is 5.20. The molecule has 1 N–H and O–H groups in total. The van der Waals surface area contributed by atoms with E-state index in [4.69, 9.17) is 11.6 Å². The molecule has 1 aromatic heterocycles. The Morgan fingerprint density at radius 2 is 2.29 bits per heavy atom. The maximum absolute atomic E-state index is 12.3. The fraction of sp³-hybridized carbons (Fsp3) is 0.429. The van der Waals surface area contributed by atoms with Gasteiger partial charge in [-0.15, -0.1) is 0 Å². The Kier molecular flexibility index (Phi) is 4.01. The standard InChI is InChI=1S/C14H15ClN2O3S/c15-9-3-4-12-11(6-9)17(14(20)21-12)8-13(19)16-5-1-2-10(18)7-16/h3-4,6,10,18H,1-2,5,7-8H2. The molecule has 1 fully saturated rings. The third kappa shape index (κ3) is 2.97. The first-order valence-corrected chi connectivity index (χ1v) is 7.99. The molecule has 3 rings (SSSR count). The number of aromatic nitrogens is 1. The van der Waals surface area contributed by atoms with E-state index in [-0.39, 0.29) is 17.3 Å². The van der Waals surface area contributed by atoms with Crippen molar-refractivity contribution in [2.75, 3.05) is 13.1 Å². The van der Waals surface area contributed by atoms with Crippen LogP contribution in [0, 0.1) is 0 Å². The highest BCUT2D eigenvalue weighted by Crippen LogP contribution is 2.22. The maximum Gasteiger partial charge on any atom is 0.308 e. The van der Waals surface area contributed by atoms with Crippen molar-refractivity contribution < 1.29 is 9.90 Å². The monoisotopic (exact) mass is 326 g/mol. The lowest BCUT2D eigenvalue weighted by Crippen LogP contribution is -2.44. The van der Waals surface area contributed by atoms with Crippen LogP contribution in [0.25, 0.3) is 10.2 Å². The number of aliphatic hydroxyl groups is 1. The number of hydrogen-bond acceptors (Lipinski definition) is 4. The molecule has 0 bridgehead atoms. The van der Waals surface area contributed by atoms with E-state index in [9.17, 15) is 14.7 Å². The normalized spacial score (nSPS) is 19.1. The average Bonchev–Trinajstić information content (AvgIpc) is 2.75. The molecular weight excluding hydrogens is 312 g/mol. The van der Waals surface area contributed by atoms with Crippen LogP contribution < -0.4 is 4.87 Å². The number of rotatable bonds is 2. The van der Waals surface area contributed by atoms with Crippen LogP contribution in [0.3, 0.4) is 0 Å². The number of benzene rings is 1. The van der Waals surface area contributed by atoms with E-state index in [1.54, 1.807) is 23.1 Å². The molecule has 1 amide bonds. The number of carbonyl (C=O) groups excluding carboxylic acids is 1. The van der Waals surface area contributed by atoms with Crippen molar-refractivity contribution in [2.45, 2.75) is 25.5 Å². The summed E-state index contributed by atoms with van der Waals surface area (Å²) in [5.74, 6) is -0.143. The summed E-state index contributed by atoms with van der Waals surface area (Å²) in [5, 5.41) is 10.2. The van der Waals surface area contributed by atoms with Crippen LogP contribution in [0.4, 0.5) is 0 Å². The molecule has 1 aromatic carbocycles. The Morgan fingerprint density at radius 3 is 3.05 bits per heavy atom. The minimum atomic E-state index is -0.465. The average molecular weight is 327 g/mol. The highest BCUT2D eigenvalue weighted by molar-refractivity contribution is 7.16. The third-order valence-corrected chi connectivity index (χ3v) is 4.87. The predicted octanol–water partition coefficient (Wildman–Crippen LogP) is 1.70. The number of fused-ring (bicyclic) bond motifs is 1. The molecule has 2 aromatic rings. The first-order valence-electron chi connectivity index (χ1n) is 6.79. The summed E-state index contributed by atoms with van der Waals surface area (Å²) in [6, 6.07) is 5.22. The first-order chi connectivity index (χ1) is 10.0. The number of amides is 1. The molecule has 0 spiro atoms. The van der Waals surface area contributed by atoms with Crippen molar-refractivity contribution in [3.05, 3.63) is 32.9 Å². The molecule has 1 atom stereocenters. The molecule has 7 heteroatoms. The topological polar surface area (TPSA) is 62.5 Å². The number of likely N-dealkylation sites (tertiary alicyclic amines) is 1. The van der Waals surface area contributed by atoms with E-state index < -0.39 is 6.10 Å². The van der Waals surface area contributed by atoms with Gasteiger partial charge in [-0.3, -0.25) is 14.2 Å². The van der Waals surface area contributed by atoms with Gasteiger partial charge in [0.25, 0.3) is 0 Å². The lowest BCUT2D eigenvalue weighted by molar-refractivity contribution is -0.134. The Bertz CT molecular complexity index is 739. The predicted molar refractivity (Wildman–Crippen MR) is 82.9 cm³/mol. The molecule has 0 aliphatic carbocycles. The number of carbonyl (C=O) groups is 1. The van der Waals surface area contributed by atoms with Gasteiger partial charge in [0.1, 0.15) is 6.54 Å². The molecule has 0 saturated carbocycles. The Balaban J connectivity index is 1.87. The Morgan fingerprint density at radius 1 is 1.48 bits per heavy atom. The van der Waals surface area contributed by atoms with Crippen LogP contribution in [0.5, 0.6) is 0 Å². The van der Waals surface area contributed by atoms with E-state index in [0.717, 1.165) is 28.9 Å². The molecule has 2 heterocycles. The van der Waals surface area contributed by atoms with Crippen LogP contribution >= 0.6 is 22.9 Å².